The van der Waals surface area contributed by atoms with Gasteiger partial charge in [-0.05, 0) is 26.0 Å². The van der Waals surface area contributed by atoms with Crippen molar-refractivity contribution in [2.75, 3.05) is 19.7 Å². The van der Waals surface area contributed by atoms with E-state index in [2.05, 4.69) is 18.7 Å². The summed E-state index contributed by atoms with van der Waals surface area (Å²) in [6.07, 6.45) is 0.443. The van der Waals surface area contributed by atoms with Crippen LogP contribution < -0.4 is 0 Å². The van der Waals surface area contributed by atoms with Crippen LogP contribution in [0.2, 0.25) is 5.02 Å². The molecule has 0 unspecified atom stereocenters. The van der Waals surface area contributed by atoms with E-state index in [1.165, 1.54) is 0 Å². The molecule has 1 aromatic rings. The average Bonchev–Trinajstić information content (AvgIpc) is 2.33. The van der Waals surface area contributed by atoms with E-state index in [-0.39, 0.29) is 12.4 Å². The Hall–Kier alpha value is -0.900. The summed E-state index contributed by atoms with van der Waals surface area (Å²) in [4.78, 5) is 14.1. The number of carbonyl (C=O) groups excluding carboxylic acids is 1. The Morgan fingerprint density at radius 2 is 2.11 bits per heavy atom. The van der Waals surface area contributed by atoms with Gasteiger partial charge in [0.15, 0.2) is 5.78 Å². The lowest BCUT2D eigenvalue weighted by molar-refractivity contribution is 0.0944. The number of rotatable bonds is 7. The van der Waals surface area contributed by atoms with E-state index < -0.39 is 0 Å². The molecule has 100 valence electrons. The highest BCUT2D eigenvalue weighted by Crippen LogP contribution is 2.13. The quantitative estimate of drug-likeness (QED) is 0.774. The number of hydrogen-bond acceptors (Lipinski definition) is 3. The maximum Gasteiger partial charge on any atom is 0.164 e. The number of ketones is 1. The lowest BCUT2D eigenvalue weighted by Crippen LogP contribution is -2.35. The van der Waals surface area contributed by atoms with Crippen LogP contribution in [0.1, 0.15) is 30.6 Å². The summed E-state index contributed by atoms with van der Waals surface area (Å²) in [6.45, 7) is 5.48. The normalized spacial score (nSPS) is 11.2. The highest BCUT2D eigenvalue weighted by Gasteiger charge is 2.12. The molecule has 0 bridgehead atoms. The Morgan fingerprint density at radius 3 is 2.67 bits per heavy atom. The van der Waals surface area contributed by atoms with Gasteiger partial charge in [-0.3, -0.25) is 9.69 Å². The monoisotopic (exact) mass is 269 g/mol. The molecule has 0 atom stereocenters. The third-order valence-electron chi connectivity index (χ3n) is 2.89. The van der Waals surface area contributed by atoms with Gasteiger partial charge in [-0.2, -0.15) is 0 Å². The number of nitrogens with zero attached hydrogens (tertiary/aromatic N) is 1. The number of halogens is 1. The van der Waals surface area contributed by atoms with Crippen molar-refractivity contribution in [3.63, 3.8) is 0 Å². The molecule has 18 heavy (non-hydrogen) atoms. The van der Waals surface area contributed by atoms with Gasteiger partial charge in [0.25, 0.3) is 0 Å². The van der Waals surface area contributed by atoms with Crippen molar-refractivity contribution in [3.05, 3.63) is 34.9 Å². The van der Waals surface area contributed by atoms with E-state index in [1.54, 1.807) is 24.3 Å². The lowest BCUT2D eigenvalue weighted by Gasteiger charge is -2.25. The highest BCUT2D eigenvalue weighted by atomic mass is 35.5. The molecule has 0 aliphatic carbocycles. The van der Waals surface area contributed by atoms with Crippen molar-refractivity contribution in [1.82, 2.24) is 4.90 Å². The molecule has 0 aliphatic heterocycles. The van der Waals surface area contributed by atoms with Crippen molar-refractivity contribution < 1.29 is 9.90 Å². The Labute approximate surface area is 113 Å². The van der Waals surface area contributed by atoms with Gasteiger partial charge in [-0.25, -0.2) is 0 Å². The summed E-state index contributed by atoms with van der Waals surface area (Å²) < 4.78 is 0. The minimum Gasteiger partial charge on any atom is -0.395 e. The molecule has 0 saturated heterocycles. The van der Waals surface area contributed by atoms with Crippen molar-refractivity contribution in [2.24, 2.45) is 0 Å². The van der Waals surface area contributed by atoms with Gasteiger partial charge < -0.3 is 5.11 Å². The van der Waals surface area contributed by atoms with Gasteiger partial charge in [0.05, 0.1) is 6.61 Å². The minimum absolute atomic E-state index is 0.0843. The summed E-state index contributed by atoms with van der Waals surface area (Å²) in [7, 11) is 0. The summed E-state index contributed by atoms with van der Waals surface area (Å²) in [5.41, 5.74) is 0.648. The Bertz CT molecular complexity index is 393. The second kappa shape index (κ2) is 7.52. The first kappa shape index (κ1) is 15.2. The molecule has 0 spiro atoms. The van der Waals surface area contributed by atoms with E-state index >= 15 is 0 Å². The highest BCUT2D eigenvalue weighted by molar-refractivity contribution is 6.31. The van der Waals surface area contributed by atoms with Crippen LogP contribution in [-0.2, 0) is 0 Å². The standard InChI is InChI=1S/C14H20ClNO2/c1-11(2)16(8-9-17)7-6-14(18)12-4-3-5-13(15)10-12/h3-5,10-11,17H,6-9H2,1-2H3. The van der Waals surface area contributed by atoms with E-state index in [4.69, 9.17) is 16.7 Å². The van der Waals surface area contributed by atoms with Crippen LogP contribution in [-0.4, -0.2) is 41.5 Å². The fourth-order valence-corrected chi connectivity index (χ4v) is 2.00. The smallest absolute Gasteiger partial charge is 0.164 e. The molecule has 0 amide bonds. The van der Waals surface area contributed by atoms with Crippen molar-refractivity contribution >= 4 is 17.4 Å². The number of Topliss-reactive ketones (excluding diaryl/α,β-unsaturated/α-hetero) is 1. The Morgan fingerprint density at radius 1 is 1.39 bits per heavy atom. The topological polar surface area (TPSA) is 40.5 Å². The molecule has 0 aliphatic rings. The zero-order chi connectivity index (χ0) is 13.5. The summed E-state index contributed by atoms with van der Waals surface area (Å²) in [6, 6.07) is 7.33. The minimum atomic E-state index is 0.0843. The van der Waals surface area contributed by atoms with Crippen LogP contribution in [0.4, 0.5) is 0 Å². The predicted molar refractivity (Wildman–Crippen MR) is 74.2 cm³/mol. The Balaban J connectivity index is 2.54. The zero-order valence-corrected chi connectivity index (χ0v) is 11.7. The van der Waals surface area contributed by atoms with Gasteiger partial charge in [-0.15, -0.1) is 0 Å². The van der Waals surface area contributed by atoms with Crippen LogP contribution in [0, 0.1) is 0 Å². The second-order valence-electron chi connectivity index (χ2n) is 4.54. The van der Waals surface area contributed by atoms with Crippen molar-refractivity contribution in [2.45, 2.75) is 26.3 Å². The third kappa shape index (κ3) is 4.77. The van der Waals surface area contributed by atoms with Crippen molar-refractivity contribution in [3.8, 4) is 0 Å². The van der Waals surface area contributed by atoms with Crippen LogP contribution in [0.5, 0.6) is 0 Å². The molecule has 4 heteroatoms. The molecule has 0 aromatic heterocycles. The first-order chi connectivity index (χ1) is 8.54. The van der Waals surface area contributed by atoms with Crippen LogP contribution in [0.25, 0.3) is 0 Å². The SMILES string of the molecule is CC(C)N(CCO)CCC(=O)c1cccc(Cl)c1. The summed E-state index contributed by atoms with van der Waals surface area (Å²) >= 11 is 5.86. The first-order valence-corrected chi connectivity index (χ1v) is 6.56. The number of hydrogen-bond donors (Lipinski definition) is 1. The summed E-state index contributed by atoms with van der Waals surface area (Å²) in [5, 5.41) is 9.54. The van der Waals surface area contributed by atoms with Crippen LogP contribution in [0.3, 0.4) is 0 Å². The molecule has 0 saturated carbocycles. The fraction of sp³-hybridized carbons (Fsp3) is 0.500. The van der Waals surface area contributed by atoms with E-state index in [1.807, 2.05) is 0 Å². The zero-order valence-electron chi connectivity index (χ0n) is 10.9. The molecule has 0 fully saturated rings. The largest absolute Gasteiger partial charge is 0.395 e. The molecule has 1 N–H and O–H groups in total. The molecule has 1 rings (SSSR count). The lowest BCUT2D eigenvalue weighted by atomic mass is 10.1. The number of benzene rings is 1. The molecular weight excluding hydrogens is 250 g/mol. The molecule has 0 radical (unpaired) electrons. The van der Waals surface area contributed by atoms with Gasteiger partial charge in [0.2, 0.25) is 0 Å². The second-order valence-corrected chi connectivity index (χ2v) is 4.97. The maximum absolute atomic E-state index is 12.0. The van der Waals surface area contributed by atoms with Gasteiger partial charge in [-0.1, -0.05) is 23.7 Å². The van der Waals surface area contributed by atoms with Crippen LogP contribution >= 0.6 is 11.6 Å². The molecule has 1 aromatic carbocycles. The molecular formula is C14H20ClNO2. The first-order valence-electron chi connectivity index (χ1n) is 6.18. The molecule has 0 heterocycles. The van der Waals surface area contributed by atoms with Gasteiger partial charge in [0, 0.05) is 36.1 Å². The fourth-order valence-electron chi connectivity index (χ4n) is 1.81. The third-order valence-corrected chi connectivity index (χ3v) is 3.13. The maximum atomic E-state index is 12.0. The van der Waals surface area contributed by atoms with Gasteiger partial charge in [0.1, 0.15) is 0 Å². The van der Waals surface area contributed by atoms with Gasteiger partial charge >= 0.3 is 0 Å². The van der Waals surface area contributed by atoms with Crippen molar-refractivity contribution in [1.29, 1.82) is 0 Å². The van der Waals surface area contributed by atoms with Crippen LogP contribution in [0.15, 0.2) is 24.3 Å². The average molecular weight is 270 g/mol. The van der Waals surface area contributed by atoms with E-state index in [9.17, 15) is 4.79 Å². The summed E-state index contributed by atoms with van der Waals surface area (Å²) in [5.74, 6) is 0.0843. The number of carbonyl (C=O) groups is 1. The Kier molecular flexibility index (Phi) is 6.33. The van der Waals surface area contributed by atoms with E-state index in [0.717, 1.165) is 0 Å². The number of aliphatic hydroxyl groups excluding tert-OH is 1. The molecule has 3 nitrogen and oxygen atoms in total. The number of aliphatic hydroxyl groups is 1. The predicted octanol–water partition coefficient (Wildman–Crippen LogP) is 2.62. The van der Waals surface area contributed by atoms with E-state index in [0.29, 0.717) is 36.1 Å².